The Bertz CT molecular complexity index is 1070. The van der Waals surface area contributed by atoms with Gasteiger partial charge in [0.1, 0.15) is 0 Å². The van der Waals surface area contributed by atoms with Crippen LogP contribution in [0.5, 0.6) is 0 Å². The summed E-state index contributed by atoms with van der Waals surface area (Å²) in [6.45, 7) is 1.53. The van der Waals surface area contributed by atoms with Gasteiger partial charge in [-0.1, -0.05) is 18.2 Å². The van der Waals surface area contributed by atoms with Gasteiger partial charge in [-0.15, -0.1) is 0 Å². The van der Waals surface area contributed by atoms with Crippen LogP contribution in [0.25, 0.3) is 10.9 Å². The molecule has 4 rings (SSSR count). The average Bonchev–Trinajstić information content (AvgIpc) is 3.37. The molecule has 1 amide bonds. The molecule has 2 N–H and O–H groups in total. The lowest BCUT2D eigenvalue weighted by Crippen LogP contribution is -2.28. The maximum Gasteiger partial charge on any atom is 0.251 e. The van der Waals surface area contributed by atoms with Gasteiger partial charge in [0.05, 0.1) is 4.90 Å². The number of hydrogen-bond donors (Lipinski definition) is 2. The Labute approximate surface area is 158 Å². The van der Waals surface area contributed by atoms with Gasteiger partial charge in [-0.2, -0.15) is 4.31 Å². The van der Waals surface area contributed by atoms with Crippen molar-refractivity contribution in [3.8, 4) is 0 Å². The first kappa shape index (κ1) is 17.8. The first-order chi connectivity index (χ1) is 13.1. The number of fused-ring (bicyclic) bond motifs is 1. The summed E-state index contributed by atoms with van der Waals surface area (Å²) < 4.78 is 26.6. The quantitative estimate of drug-likeness (QED) is 0.711. The highest BCUT2D eigenvalue weighted by atomic mass is 32.2. The molecular weight excluding hydrogens is 362 g/mol. The molecular formula is C20H21N3O3S. The molecule has 0 unspecified atom stereocenters. The molecule has 0 spiro atoms. The van der Waals surface area contributed by atoms with E-state index in [-0.39, 0.29) is 10.8 Å². The van der Waals surface area contributed by atoms with Crippen LogP contribution in [0.15, 0.2) is 59.6 Å². The van der Waals surface area contributed by atoms with Gasteiger partial charge in [-0.3, -0.25) is 4.79 Å². The molecule has 3 aromatic rings. The van der Waals surface area contributed by atoms with E-state index in [0.29, 0.717) is 25.2 Å². The molecule has 2 heterocycles. The maximum absolute atomic E-state index is 12.5. The van der Waals surface area contributed by atoms with Crippen molar-refractivity contribution >= 4 is 26.8 Å². The fourth-order valence-electron chi connectivity index (χ4n) is 3.41. The lowest BCUT2D eigenvalue weighted by Gasteiger charge is -2.15. The van der Waals surface area contributed by atoms with E-state index in [1.807, 2.05) is 30.5 Å². The van der Waals surface area contributed by atoms with Crippen molar-refractivity contribution in [2.75, 3.05) is 13.1 Å². The number of amides is 1. The Morgan fingerprint density at radius 3 is 2.48 bits per heavy atom. The van der Waals surface area contributed by atoms with E-state index in [1.54, 1.807) is 12.1 Å². The minimum absolute atomic E-state index is 0.231. The van der Waals surface area contributed by atoms with E-state index in [0.717, 1.165) is 29.3 Å². The summed E-state index contributed by atoms with van der Waals surface area (Å²) in [4.78, 5) is 15.8. The molecule has 2 aromatic carbocycles. The van der Waals surface area contributed by atoms with Crippen LogP contribution < -0.4 is 5.32 Å². The molecule has 0 radical (unpaired) electrons. The highest BCUT2D eigenvalue weighted by molar-refractivity contribution is 7.89. The number of aromatic nitrogens is 1. The Balaban J connectivity index is 1.45. The number of H-pyrrole nitrogens is 1. The highest BCUT2D eigenvalue weighted by Crippen LogP contribution is 2.21. The lowest BCUT2D eigenvalue weighted by molar-refractivity contribution is 0.0951. The number of benzene rings is 2. The molecule has 1 aromatic heterocycles. The normalized spacial score (nSPS) is 15.3. The summed E-state index contributed by atoms with van der Waals surface area (Å²) in [5, 5.41) is 3.96. The Morgan fingerprint density at radius 1 is 1.04 bits per heavy atom. The highest BCUT2D eigenvalue weighted by Gasteiger charge is 2.27. The molecule has 1 fully saturated rings. The Kier molecular flexibility index (Phi) is 4.72. The number of para-hydroxylation sites is 1. The van der Waals surface area contributed by atoms with Gasteiger partial charge < -0.3 is 10.3 Å². The molecule has 1 aliphatic rings. The minimum Gasteiger partial charge on any atom is -0.361 e. The Morgan fingerprint density at radius 2 is 1.74 bits per heavy atom. The van der Waals surface area contributed by atoms with Crippen molar-refractivity contribution in [2.45, 2.75) is 24.3 Å². The molecule has 1 saturated heterocycles. The topological polar surface area (TPSA) is 82.3 Å². The first-order valence-electron chi connectivity index (χ1n) is 8.99. The van der Waals surface area contributed by atoms with Gasteiger partial charge >= 0.3 is 0 Å². The van der Waals surface area contributed by atoms with E-state index in [2.05, 4.69) is 10.3 Å². The molecule has 140 valence electrons. The minimum atomic E-state index is -3.46. The van der Waals surface area contributed by atoms with E-state index >= 15 is 0 Å². The number of nitrogens with one attached hydrogen (secondary N) is 2. The summed E-state index contributed by atoms with van der Waals surface area (Å²) in [7, 11) is -3.46. The third-order valence-corrected chi connectivity index (χ3v) is 6.85. The van der Waals surface area contributed by atoms with Crippen LogP contribution >= 0.6 is 0 Å². The lowest BCUT2D eigenvalue weighted by atomic mass is 10.1. The summed E-state index contributed by atoms with van der Waals surface area (Å²) in [5.74, 6) is -0.231. The van der Waals surface area contributed by atoms with Crippen LogP contribution in [0.4, 0.5) is 0 Å². The Hall–Kier alpha value is -2.64. The monoisotopic (exact) mass is 383 g/mol. The zero-order valence-electron chi connectivity index (χ0n) is 14.8. The summed E-state index contributed by atoms with van der Waals surface area (Å²) in [5.41, 5.74) is 2.47. The molecule has 0 atom stereocenters. The molecule has 1 aliphatic heterocycles. The van der Waals surface area contributed by atoms with Gasteiger partial charge in [0.25, 0.3) is 5.91 Å². The van der Waals surface area contributed by atoms with Gasteiger partial charge in [-0.25, -0.2) is 8.42 Å². The van der Waals surface area contributed by atoms with Crippen molar-refractivity contribution in [2.24, 2.45) is 0 Å². The molecule has 0 aliphatic carbocycles. The van der Waals surface area contributed by atoms with Crippen LogP contribution in [0.3, 0.4) is 0 Å². The smallest absolute Gasteiger partial charge is 0.251 e. The van der Waals surface area contributed by atoms with Crippen LogP contribution in [-0.4, -0.2) is 36.7 Å². The van der Waals surface area contributed by atoms with Crippen molar-refractivity contribution in [3.05, 3.63) is 65.9 Å². The van der Waals surface area contributed by atoms with Crippen LogP contribution in [0.2, 0.25) is 0 Å². The van der Waals surface area contributed by atoms with E-state index in [4.69, 9.17) is 0 Å². The number of hydrogen-bond acceptors (Lipinski definition) is 3. The third-order valence-electron chi connectivity index (χ3n) is 4.93. The van der Waals surface area contributed by atoms with E-state index < -0.39 is 10.0 Å². The first-order valence-corrected chi connectivity index (χ1v) is 10.4. The van der Waals surface area contributed by atoms with E-state index in [1.165, 1.54) is 16.4 Å². The molecule has 7 heteroatoms. The third kappa shape index (κ3) is 3.48. The molecule has 0 bridgehead atoms. The van der Waals surface area contributed by atoms with Gasteiger partial charge in [0, 0.05) is 42.3 Å². The molecule has 27 heavy (non-hydrogen) atoms. The number of carbonyl (C=O) groups is 1. The fraction of sp³-hybridized carbons (Fsp3) is 0.250. The van der Waals surface area contributed by atoms with Gasteiger partial charge in [0.2, 0.25) is 10.0 Å². The predicted octanol–water partition coefficient (Wildman–Crippen LogP) is 2.88. The number of carbonyl (C=O) groups excluding carboxylic acids is 1. The van der Waals surface area contributed by atoms with E-state index in [9.17, 15) is 13.2 Å². The van der Waals surface area contributed by atoms with Crippen LogP contribution in [0.1, 0.15) is 28.8 Å². The zero-order chi connectivity index (χ0) is 18.9. The SMILES string of the molecule is O=C(NCc1c[nH]c2ccccc12)c1ccc(S(=O)(=O)N2CCCC2)cc1. The van der Waals surface area contributed by atoms with Crippen LogP contribution in [-0.2, 0) is 16.6 Å². The fourth-order valence-corrected chi connectivity index (χ4v) is 4.93. The second kappa shape index (κ2) is 7.17. The predicted molar refractivity (Wildman–Crippen MR) is 104 cm³/mol. The van der Waals surface area contributed by atoms with Crippen molar-refractivity contribution in [1.82, 2.24) is 14.6 Å². The number of sulfonamides is 1. The van der Waals surface area contributed by atoms with Crippen LogP contribution in [0, 0.1) is 0 Å². The van der Waals surface area contributed by atoms with Crippen molar-refractivity contribution < 1.29 is 13.2 Å². The standard InChI is InChI=1S/C20H21N3O3S/c24-20(22-14-16-13-21-19-6-2-1-5-18(16)19)15-7-9-17(10-8-15)27(25,26)23-11-3-4-12-23/h1-2,5-10,13,21H,3-4,11-12,14H2,(H,22,24). The summed E-state index contributed by atoms with van der Waals surface area (Å²) in [6, 6.07) is 14.1. The summed E-state index contributed by atoms with van der Waals surface area (Å²) >= 11 is 0. The number of rotatable bonds is 5. The largest absolute Gasteiger partial charge is 0.361 e. The number of nitrogens with zero attached hydrogens (tertiary/aromatic N) is 1. The van der Waals surface area contributed by atoms with Crippen molar-refractivity contribution in [3.63, 3.8) is 0 Å². The maximum atomic E-state index is 12.5. The second-order valence-corrected chi connectivity index (χ2v) is 8.62. The second-order valence-electron chi connectivity index (χ2n) is 6.68. The van der Waals surface area contributed by atoms with Gasteiger partial charge in [-0.05, 0) is 48.7 Å². The number of aromatic amines is 1. The van der Waals surface area contributed by atoms with Crippen molar-refractivity contribution in [1.29, 1.82) is 0 Å². The van der Waals surface area contributed by atoms with Gasteiger partial charge in [0.15, 0.2) is 0 Å². The average molecular weight is 383 g/mol. The zero-order valence-corrected chi connectivity index (χ0v) is 15.6. The summed E-state index contributed by atoms with van der Waals surface area (Å²) in [6.07, 6.45) is 3.68. The molecule has 6 nitrogen and oxygen atoms in total. The molecule has 0 saturated carbocycles.